The van der Waals surface area contributed by atoms with Gasteiger partial charge >= 0.3 is 6.09 Å². The van der Waals surface area contributed by atoms with Gasteiger partial charge in [-0.1, -0.05) is 35.4 Å². The number of rotatable bonds is 4. The van der Waals surface area contributed by atoms with Gasteiger partial charge in [0, 0.05) is 29.7 Å². The number of benzene rings is 2. The Labute approximate surface area is 223 Å². The highest BCUT2D eigenvalue weighted by molar-refractivity contribution is 6.31. The molecule has 0 bridgehead atoms. The van der Waals surface area contributed by atoms with E-state index in [0.717, 1.165) is 33.8 Å². The highest BCUT2D eigenvalue weighted by atomic mass is 35.5. The second-order valence-electron chi connectivity index (χ2n) is 10.8. The van der Waals surface area contributed by atoms with Crippen LogP contribution in [0.4, 0.5) is 10.5 Å². The monoisotopic (exact) mass is 522 g/mol. The molecule has 2 heterocycles. The summed E-state index contributed by atoms with van der Waals surface area (Å²) in [6, 6.07) is 11.6. The maximum atomic E-state index is 13.6. The number of piperidine rings is 1. The van der Waals surface area contributed by atoms with Gasteiger partial charge in [0.1, 0.15) is 5.60 Å². The van der Waals surface area contributed by atoms with Crippen molar-refractivity contribution in [2.24, 2.45) is 0 Å². The van der Waals surface area contributed by atoms with E-state index in [1.807, 2.05) is 82.6 Å². The number of nitrogens with one attached hydrogen (secondary N) is 1. The number of aryl methyl sites for hydroxylation is 2. The fourth-order valence-electron chi connectivity index (χ4n) is 4.75. The Balaban J connectivity index is 1.67. The van der Waals surface area contributed by atoms with Crippen LogP contribution in [-0.2, 0) is 4.74 Å². The fraction of sp³-hybridized carbons (Fsp3) is 0.414. The van der Waals surface area contributed by atoms with Gasteiger partial charge in [-0.2, -0.15) is 5.10 Å². The molecule has 1 fully saturated rings. The van der Waals surface area contributed by atoms with Crippen molar-refractivity contribution in [3.05, 3.63) is 75.6 Å². The second-order valence-corrected chi connectivity index (χ2v) is 11.2. The minimum atomic E-state index is -0.546. The topological polar surface area (TPSA) is 76.5 Å². The predicted molar refractivity (Wildman–Crippen MR) is 147 cm³/mol. The van der Waals surface area contributed by atoms with Crippen LogP contribution in [0.25, 0.3) is 5.69 Å². The molecule has 0 aliphatic carbocycles. The van der Waals surface area contributed by atoms with Crippen LogP contribution in [0, 0.1) is 20.8 Å². The lowest BCUT2D eigenvalue weighted by Crippen LogP contribution is -2.41. The van der Waals surface area contributed by atoms with E-state index in [1.165, 1.54) is 0 Å². The Hall–Kier alpha value is -3.32. The van der Waals surface area contributed by atoms with Crippen LogP contribution in [0.5, 0.6) is 0 Å². The lowest BCUT2D eigenvalue weighted by molar-refractivity contribution is 0.0203. The van der Waals surface area contributed by atoms with Crippen molar-refractivity contribution < 1.29 is 14.3 Å². The van der Waals surface area contributed by atoms with Crippen molar-refractivity contribution in [2.75, 3.05) is 18.4 Å². The van der Waals surface area contributed by atoms with Crippen molar-refractivity contribution in [1.82, 2.24) is 14.7 Å². The summed E-state index contributed by atoms with van der Waals surface area (Å²) in [6.07, 6.45) is 2.70. The van der Waals surface area contributed by atoms with Crippen molar-refractivity contribution >= 4 is 29.3 Å². The van der Waals surface area contributed by atoms with Crippen LogP contribution in [0.2, 0.25) is 5.02 Å². The largest absolute Gasteiger partial charge is 0.444 e. The van der Waals surface area contributed by atoms with E-state index in [9.17, 15) is 9.59 Å². The van der Waals surface area contributed by atoms with Gasteiger partial charge < -0.3 is 15.0 Å². The van der Waals surface area contributed by atoms with Gasteiger partial charge in [-0.25, -0.2) is 9.48 Å². The molecule has 4 rings (SSSR count). The van der Waals surface area contributed by atoms with Crippen LogP contribution in [0.3, 0.4) is 0 Å². The number of ether oxygens (including phenoxy) is 1. The number of hydrogen-bond acceptors (Lipinski definition) is 4. The number of halogens is 1. The average Bonchev–Trinajstić information content (AvgIpc) is 3.26. The Kier molecular flexibility index (Phi) is 7.64. The molecule has 1 aliphatic heterocycles. The van der Waals surface area contributed by atoms with Gasteiger partial charge in [0.2, 0.25) is 0 Å². The summed E-state index contributed by atoms with van der Waals surface area (Å²) in [5.41, 5.74) is 5.44. The molecule has 1 aliphatic rings. The third kappa shape index (κ3) is 5.99. The van der Waals surface area contributed by atoms with Gasteiger partial charge in [0.05, 0.1) is 23.1 Å². The Bertz CT molecular complexity index is 1320. The van der Waals surface area contributed by atoms with Crippen molar-refractivity contribution in [2.45, 2.75) is 65.9 Å². The molecule has 0 spiro atoms. The quantitative estimate of drug-likeness (QED) is 0.408. The first kappa shape index (κ1) is 26.7. The molecule has 1 saturated heterocycles. The number of anilines is 1. The van der Waals surface area contributed by atoms with Crippen LogP contribution in [0.1, 0.15) is 72.3 Å². The first-order chi connectivity index (χ1) is 17.4. The van der Waals surface area contributed by atoms with E-state index in [-0.39, 0.29) is 17.9 Å². The lowest BCUT2D eigenvalue weighted by Gasteiger charge is -2.34. The number of carbonyl (C=O) groups excluding carboxylic acids is 2. The minimum absolute atomic E-state index is 0.0273. The molecule has 3 aromatic rings. The molecule has 2 aromatic carbocycles. The van der Waals surface area contributed by atoms with Crippen molar-refractivity contribution in [3.8, 4) is 5.69 Å². The van der Waals surface area contributed by atoms with Gasteiger partial charge in [-0.05, 0) is 83.7 Å². The third-order valence-corrected chi connectivity index (χ3v) is 7.09. The summed E-state index contributed by atoms with van der Waals surface area (Å²) in [5.74, 6) is -0.179. The molecule has 1 aromatic heterocycles. The molecule has 1 N–H and O–H groups in total. The number of aromatic nitrogens is 2. The van der Waals surface area contributed by atoms with E-state index in [0.29, 0.717) is 36.5 Å². The smallest absolute Gasteiger partial charge is 0.410 e. The third-order valence-electron chi connectivity index (χ3n) is 6.68. The Morgan fingerprint density at radius 1 is 1.08 bits per heavy atom. The van der Waals surface area contributed by atoms with E-state index >= 15 is 0 Å². The average molecular weight is 523 g/mol. The molecular formula is C29H35ClN4O3. The number of likely N-dealkylation sites (tertiary alicyclic amines) is 1. The molecule has 0 atom stereocenters. The zero-order valence-electron chi connectivity index (χ0n) is 22.4. The van der Waals surface area contributed by atoms with Crippen molar-refractivity contribution in [1.29, 1.82) is 0 Å². The van der Waals surface area contributed by atoms with Crippen molar-refractivity contribution in [3.63, 3.8) is 0 Å². The van der Waals surface area contributed by atoms with Gasteiger partial charge in [0.15, 0.2) is 0 Å². The van der Waals surface area contributed by atoms with Crippen LogP contribution >= 0.6 is 11.6 Å². The normalized spacial score (nSPS) is 14.5. The Morgan fingerprint density at radius 3 is 2.43 bits per heavy atom. The molecule has 196 valence electrons. The second kappa shape index (κ2) is 10.6. The molecule has 0 saturated carbocycles. The lowest BCUT2D eigenvalue weighted by atomic mass is 9.90. The minimum Gasteiger partial charge on any atom is -0.444 e. The summed E-state index contributed by atoms with van der Waals surface area (Å²) in [4.78, 5) is 27.9. The summed E-state index contributed by atoms with van der Waals surface area (Å²) >= 11 is 6.44. The fourth-order valence-corrected chi connectivity index (χ4v) is 4.92. The number of hydrogen-bond donors (Lipinski definition) is 1. The Morgan fingerprint density at radius 2 is 1.78 bits per heavy atom. The highest BCUT2D eigenvalue weighted by Gasteiger charge is 2.32. The van der Waals surface area contributed by atoms with E-state index < -0.39 is 5.60 Å². The number of carbonyl (C=O) groups is 2. The molecule has 37 heavy (non-hydrogen) atoms. The summed E-state index contributed by atoms with van der Waals surface area (Å²) in [7, 11) is 0. The van der Waals surface area contributed by atoms with Gasteiger partial charge in [-0.15, -0.1) is 0 Å². The highest BCUT2D eigenvalue weighted by Crippen LogP contribution is 2.34. The first-order valence-electron chi connectivity index (χ1n) is 12.6. The van der Waals surface area contributed by atoms with E-state index in [1.54, 1.807) is 11.1 Å². The predicted octanol–water partition coefficient (Wildman–Crippen LogP) is 6.82. The SMILES string of the molecule is Cc1ccc(NC(=O)c2cnn(-c3cccc(Cl)c3C)c2C2CCN(C(=O)OC(C)(C)C)CC2)c(C)c1. The summed E-state index contributed by atoms with van der Waals surface area (Å²) < 4.78 is 7.40. The molecule has 0 radical (unpaired) electrons. The zero-order valence-corrected chi connectivity index (χ0v) is 23.1. The van der Waals surface area contributed by atoms with E-state index in [2.05, 4.69) is 10.4 Å². The molecule has 0 unspecified atom stereocenters. The number of amides is 2. The molecular weight excluding hydrogens is 488 g/mol. The molecule has 2 amide bonds. The van der Waals surface area contributed by atoms with Crippen LogP contribution in [-0.4, -0.2) is 45.4 Å². The zero-order chi connectivity index (χ0) is 26.9. The summed E-state index contributed by atoms with van der Waals surface area (Å²) in [6.45, 7) is 12.6. The maximum absolute atomic E-state index is 13.6. The maximum Gasteiger partial charge on any atom is 0.410 e. The molecule has 7 nitrogen and oxygen atoms in total. The van der Waals surface area contributed by atoms with Crippen LogP contribution in [0.15, 0.2) is 42.6 Å². The van der Waals surface area contributed by atoms with Gasteiger partial charge in [-0.3, -0.25) is 4.79 Å². The first-order valence-corrected chi connectivity index (χ1v) is 13.0. The number of nitrogens with zero attached hydrogens (tertiary/aromatic N) is 3. The van der Waals surface area contributed by atoms with Crippen LogP contribution < -0.4 is 5.32 Å². The van der Waals surface area contributed by atoms with Gasteiger partial charge in [0.25, 0.3) is 5.91 Å². The van der Waals surface area contributed by atoms with E-state index in [4.69, 9.17) is 16.3 Å². The summed E-state index contributed by atoms with van der Waals surface area (Å²) in [5, 5.41) is 8.37. The standard InChI is InChI=1S/C29H35ClN4O3/c1-18-10-11-24(19(2)16-18)32-27(35)22-17-31-34(25-9-7-8-23(30)20(25)3)26(22)21-12-14-33(15-13-21)28(36)37-29(4,5)6/h7-11,16-17,21H,12-15H2,1-6H3,(H,32,35). The molecule has 8 heteroatoms.